The smallest absolute Gasteiger partial charge is 0.456 e. The Morgan fingerprint density at radius 2 is 1.67 bits per heavy atom. The van der Waals surface area contributed by atoms with Crippen LogP contribution < -0.4 is 0 Å². The predicted molar refractivity (Wildman–Crippen MR) is 85.8 cm³/mol. The number of alkyl halides is 5. The van der Waals surface area contributed by atoms with Gasteiger partial charge in [0.15, 0.2) is 0 Å². The molecular weight excluding hydrogens is 399 g/mol. The van der Waals surface area contributed by atoms with E-state index in [-0.39, 0.29) is 0 Å². The second-order valence-electron chi connectivity index (χ2n) is 5.30. The monoisotopic (exact) mass is 414 g/mol. The Balaban J connectivity index is 3.19. The fraction of sp³-hybridized carbons (Fsp3) is 0.375. The topological polar surface area (TPSA) is 61.8 Å². The molecule has 0 spiro atoms. The molecule has 0 amide bonds. The number of carbonyl (C=O) groups is 2. The summed E-state index contributed by atoms with van der Waals surface area (Å²) in [5.74, 6) is -8.33. The summed E-state index contributed by atoms with van der Waals surface area (Å²) < 4.78 is 79.1. The highest BCUT2D eigenvalue weighted by molar-refractivity contribution is 7.81. The standard InChI is InChI=1S/C16H15F5O5S/c1-10(2)12(22)26-15(16(19,20)21,25-9-14(17,18)27)13(23)24-8-11-6-4-3-5-7-11/h3-7,27H,1,8-9H2,2H3. The number of halogens is 5. The Morgan fingerprint density at radius 1 is 1.11 bits per heavy atom. The summed E-state index contributed by atoms with van der Waals surface area (Å²) in [5, 5.41) is -4.05. The molecule has 0 aliphatic carbocycles. The third kappa shape index (κ3) is 6.51. The van der Waals surface area contributed by atoms with Crippen LogP contribution in [0.2, 0.25) is 0 Å². The summed E-state index contributed by atoms with van der Waals surface area (Å²) in [6.45, 7) is 1.43. The van der Waals surface area contributed by atoms with Crippen molar-refractivity contribution in [1.82, 2.24) is 0 Å². The molecular formula is C16H15F5O5S. The first-order chi connectivity index (χ1) is 12.3. The summed E-state index contributed by atoms with van der Waals surface area (Å²) in [6, 6.07) is 7.53. The van der Waals surface area contributed by atoms with Gasteiger partial charge in [-0.25, -0.2) is 9.59 Å². The first-order valence-corrected chi connectivity index (χ1v) is 7.64. The number of benzene rings is 1. The van der Waals surface area contributed by atoms with Gasteiger partial charge in [0.1, 0.15) is 13.2 Å². The maximum absolute atomic E-state index is 13.5. The van der Waals surface area contributed by atoms with Gasteiger partial charge in [-0.2, -0.15) is 22.0 Å². The Bertz CT molecular complexity index is 687. The lowest BCUT2D eigenvalue weighted by Crippen LogP contribution is -2.59. The average molecular weight is 414 g/mol. The molecule has 0 bridgehead atoms. The largest absolute Gasteiger partial charge is 0.468 e. The molecule has 27 heavy (non-hydrogen) atoms. The molecule has 0 aromatic heterocycles. The fourth-order valence-corrected chi connectivity index (χ4v) is 1.67. The van der Waals surface area contributed by atoms with Crippen LogP contribution in [0.15, 0.2) is 42.5 Å². The van der Waals surface area contributed by atoms with Gasteiger partial charge >= 0.3 is 29.2 Å². The molecule has 11 heteroatoms. The van der Waals surface area contributed by atoms with Crippen molar-refractivity contribution in [3.05, 3.63) is 48.0 Å². The first-order valence-electron chi connectivity index (χ1n) is 7.19. The third-order valence-electron chi connectivity index (χ3n) is 2.89. The molecule has 1 unspecified atom stereocenters. The van der Waals surface area contributed by atoms with Crippen LogP contribution in [0.3, 0.4) is 0 Å². The van der Waals surface area contributed by atoms with Crippen molar-refractivity contribution < 1.29 is 45.8 Å². The summed E-state index contributed by atoms with van der Waals surface area (Å²) in [4.78, 5) is 23.7. The molecule has 0 N–H and O–H groups in total. The normalized spacial score (nSPS) is 14.2. The van der Waals surface area contributed by atoms with Crippen LogP contribution >= 0.6 is 12.6 Å². The summed E-state index contributed by atoms with van der Waals surface area (Å²) in [5.41, 5.74) is -0.228. The molecule has 0 aliphatic heterocycles. The highest BCUT2D eigenvalue weighted by Gasteiger charge is 2.68. The van der Waals surface area contributed by atoms with Crippen LogP contribution in [-0.4, -0.2) is 35.8 Å². The lowest BCUT2D eigenvalue weighted by molar-refractivity contribution is -0.360. The quantitative estimate of drug-likeness (QED) is 0.231. The minimum Gasteiger partial charge on any atom is -0.456 e. The number of thiol groups is 1. The van der Waals surface area contributed by atoms with Gasteiger partial charge in [-0.05, 0) is 12.5 Å². The molecule has 5 nitrogen and oxygen atoms in total. The van der Waals surface area contributed by atoms with Gasteiger partial charge in [-0.3, -0.25) is 0 Å². The molecule has 1 aromatic carbocycles. The maximum Gasteiger partial charge on any atom is 0.468 e. The van der Waals surface area contributed by atoms with E-state index in [2.05, 4.69) is 33.4 Å². The zero-order valence-corrected chi connectivity index (χ0v) is 14.8. The Hall–Kier alpha value is -2.14. The zero-order chi connectivity index (χ0) is 20.9. The van der Waals surface area contributed by atoms with E-state index in [9.17, 15) is 31.5 Å². The highest BCUT2D eigenvalue weighted by Crippen LogP contribution is 2.38. The zero-order valence-electron chi connectivity index (χ0n) is 13.9. The Labute approximate surface area is 156 Å². The number of hydrogen-bond donors (Lipinski definition) is 1. The van der Waals surface area contributed by atoms with Crippen molar-refractivity contribution >= 4 is 24.6 Å². The highest BCUT2D eigenvalue weighted by atomic mass is 32.1. The van der Waals surface area contributed by atoms with Crippen molar-refractivity contribution in [2.24, 2.45) is 0 Å². The van der Waals surface area contributed by atoms with Gasteiger partial charge in [-0.15, -0.1) is 12.6 Å². The molecule has 0 fully saturated rings. The molecule has 0 radical (unpaired) electrons. The van der Waals surface area contributed by atoms with Crippen LogP contribution in [-0.2, 0) is 30.4 Å². The lowest BCUT2D eigenvalue weighted by Gasteiger charge is -2.32. The molecule has 0 saturated heterocycles. The van der Waals surface area contributed by atoms with E-state index in [1.165, 1.54) is 24.3 Å². The maximum atomic E-state index is 13.5. The van der Waals surface area contributed by atoms with Crippen LogP contribution in [0.4, 0.5) is 22.0 Å². The van der Waals surface area contributed by atoms with Gasteiger partial charge in [0.05, 0.1) is 0 Å². The van der Waals surface area contributed by atoms with Crippen molar-refractivity contribution in [2.45, 2.75) is 30.7 Å². The number of rotatable bonds is 8. The van der Waals surface area contributed by atoms with Crippen molar-refractivity contribution in [3.63, 3.8) is 0 Å². The summed E-state index contributed by atoms with van der Waals surface area (Å²) in [6.07, 6.45) is -5.73. The molecule has 150 valence electrons. The molecule has 1 atom stereocenters. The number of hydrogen-bond acceptors (Lipinski definition) is 6. The number of carbonyl (C=O) groups excluding carboxylic acids is 2. The number of ether oxygens (including phenoxy) is 3. The molecule has 1 aromatic rings. The van der Waals surface area contributed by atoms with E-state index in [4.69, 9.17) is 0 Å². The van der Waals surface area contributed by atoms with Gasteiger partial charge < -0.3 is 14.2 Å². The average Bonchev–Trinajstić information content (AvgIpc) is 2.55. The molecule has 1 rings (SSSR count). The SMILES string of the molecule is C=C(C)C(=O)OC(OCC(F)(F)S)(C(=O)OCc1ccccc1)C(F)(F)F. The lowest BCUT2D eigenvalue weighted by atomic mass is 10.2. The van der Waals surface area contributed by atoms with Gasteiger partial charge in [0.2, 0.25) is 0 Å². The summed E-state index contributed by atoms with van der Waals surface area (Å²) >= 11 is 2.74. The van der Waals surface area contributed by atoms with E-state index < -0.39 is 47.9 Å². The van der Waals surface area contributed by atoms with E-state index >= 15 is 0 Å². The number of esters is 2. The van der Waals surface area contributed by atoms with E-state index in [1.807, 2.05) is 0 Å². The molecule has 0 saturated carbocycles. The fourth-order valence-electron chi connectivity index (χ4n) is 1.61. The van der Waals surface area contributed by atoms with E-state index in [1.54, 1.807) is 6.07 Å². The van der Waals surface area contributed by atoms with Crippen molar-refractivity contribution in [3.8, 4) is 0 Å². The van der Waals surface area contributed by atoms with Crippen LogP contribution in [0.1, 0.15) is 12.5 Å². The third-order valence-corrected chi connectivity index (χ3v) is 3.02. The van der Waals surface area contributed by atoms with E-state index in [0.29, 0.717) is 5.56 Å². The van der Waals surface area contributed by atoms with E-state index in [0.717, 1.165) is 6.92 Å². The minimum absolute atomic E-state index is 0.299. The Morgan fingerprint density at radius 3 is 2.11 bits per heavy atom. The van der Waals surface area contributed by atoms with Gasteiger partial charge in [0, 0.05) is 5.57 Å². The molecule has 0 heterocycles. The van der Waals surface area contributed by atoms with Gasteiger partial charge in [0.25, 0.3) is 0 Å². The predicted octanol–water partition coefficient (Wildman–Crippen LogP) is 3.65. The minimum atomic E-state index is -5.73. The van der Waals surface area contributed by atoms with Gasteiger partial charge in [-0.1, -0.05) is 36.9 Å². The first kappa shape index (κ1) is 22.9. The van der Waals surface area contributed by atoms with Crippen molar-refractivity contribution in [1.29, 1.82) is 0 Å². The van der Waals surface area contributed by atoms with Crippen LogP contribution in [0.5, 0.6) is 0 Å². The second kappa shape index (κ2) is 8.70. The van der Waals surface area contributed by atoms with Crippen LogP contribution in [0, 0.1) is 0 Å². The van der Waals surface area contributed by atoms with Crippen molar-refractivity contribution in [2.75, 3.05) is 6.61 Å². The second-order valence-corrected chi connectivity index (χ2v) is 5.95. The Kier molecular flexibility index (Phi) is 7.38. The van der Waals surface area contributed by atoms with Crippen LogP contribution in [0.25, 0.3) is 0 Å². The summed E-state index contributed by atoms with van der Waals surface area (Å²) in [7, 11) is 0. The molecule has 0 aliphatic rings.